The van der Waals surface area contributed by atoms with Gasteiger partial charge in [0.2, 0.25) is 0 Å². The molecule has 4 rings (SSSR count). The van der Waals surface area contributed by atoms with E-state index in [1.807, 2.05) is 50.2 Å². The van der Waals surface area contributed by atoms with Crippen LogP contribution in [0.2, 0.25) is 0 Å². The van der Waals surface area contributed by atoms with Crippen molar-refractivity contribution in [3.05, 3.63) is 59.7 Å². The lowest BCUT2D eigenvalue weighted by Crippen LogP contribution is -1.92. The Kier molecular flexibility index (Phi) is 4.27. The van der Waals surface area contributed by atoms with E-state index in [0.717, 1.165) is 21.9 Å². The highest BCUT2D eigenvalue weighted by molar-refractivity contribution is 6.04. The Balaban J connectivity index is 2.09. The zero-order valence-corrected chi connectivity index (χ0v) is 16.3. The highest BCUT2D eigenvalue weighted by atomic mass is 16.5. The molecule has 0 aliphatic carbocycles. The highest BCUT2D eigenvalue weighted by Gasteiger charge is 2.20. The van der Waals surface area contributed by atoms with Crippen LogP contribution in [0, 0.1) is 13.8 Å². The molecule has 4 nitrogen and oxygen atoms in total. The minimum absolute atomic E-state index is 0.0969. The van der Waals surface area contributed by atoms with Crippen LogP contribution in [0.3, 0.4) is 0 Å². The van der Waals surface area contributed by atoms with Crippen molar-refractivity contribution >= 4 is 21.5 Å². The van der Waals surface area contributed by atoms with Gasteiger partial charge in [-0.3, -0.25) is 0 Å². The van der Waals surface area contributed by atoms with Gasteiger partial charge in [0, 0.05) is 32.7 Å². The van der Waals surface area contributed by atoms with Crippen molar-refractivity contribution in [2.45, 2.75) is 13.8 Å². The Morgan fingerprint density at radius 1 is 0.571 bits per heavy atom. The summed E-state index contributed by atoms with van der Waals surface area (Å²) in [6, 6.07) is 15.1. The first-order valence-electron chi connectivity index (χ1n) is 9.05. The van der Waals surface area contributed by atoms with Gasteiger partial charge in [0.05, 0.1) is 14.2 Å². The van der Waals surface area contributed by atoms with Crippen LogP contribution in [0.25, 0.3) is 32.7 Å². The molecule has 0 fully saturated rings. The zero-order valence-electron chi connectivity index (χ0n) is 16.3. The van der Waals surface area contributed by atoms with E-state index in [1.165, 1.54) is 0 Å². The van der Waals surface area contributed by atoms with E-state index >= 15 is 0 Å². The summed E-state index contributed by atoms with van der Waals surface area (Å²) in [6.07, 6.45) is 0. The predicted octanol–water partition coefficient (Wildman–Crippen LogP) is 5.71. The zero-order chi connectivity index (χ0) is 20.0. The van der Waals surface area contributed by atoms with E-state index in [1.54, 1.807) is 26.4 Å². The van der Waals surface area contributed by atoms with E-state index in [-0.39, 0.29) is 11.5 Å². The van der Waals surface area contributed by atoms with E-state index in [2.05, 4.69) is 0 Å². The second kappa shape index (κ2) is 6.64. The number of phenols is 2. The number of aryl methyl sites for hydroxylation is 2. The summed E-state index contributed by atoms with van der Waals surface area (Å²) in [6.45, 7) is 3.98. The van der Waals surface area contributed by atoms with Crippen molar-refractivity contribution < 1.29 is 19.7 Å². The van der Waals surface area contributed by atoms with Crippen LogP contribution >= 0.6 is 0 Å². The van der Waals surface area contributed by atoms with Gasteiger partial charge in [-0.25, -0.2) is 0 Å². The fourth-order valence-electron chi connectivity index (χ4n) is 3.73. The number of methoxy groups -OCH3 is 2. The number of hydrogen-bond donors (Lipinski definition) is 2. The molecule has 0 heterocycles. The summed E-state index contributed by atoms with van der Waals surface area (Å²) < 4.78 is 11.2. The summed E-state index contributed by atoms with van der Waals surface area (Å²) >= 11 is 0. The lowest BCUT2D eigenvalue weighted by atomic mass is 9.94. The van der Waals surface area contributed by atoms with Crippen LogP contribution in [0.5, 0.6) is 23.0 Å². The van der Waals surface area contributed by atoms with E-state index in [9.17, 15) is 10.2 Å². The molecule has 0 saturated carbocycles. The van der Waals surface area contributed by atoms with Crippen molar-refractivity contribution in [1.29, 1.82) is 0 Å². The smallest absolute Gasteiger partial charge is 0.131 e. The van der Waals surface area contributed by atoms with Gasteiger partial charge in [-0.05, 0) is 38.1 Å². The molecule has 2 N–H and O–H groups in total. The summed E-state index contributed by atoms with van der Waals surface area (Å²) in [7, 11) is 3.20. The van der Waals surface area contributed by atoms with Crippen LogP contribution in [-0.2, 0) is 0 Å². The van der Waals surface area contributed by atoms with Crippen LogP contribution < -0.4 is 9.47 Å². The lowest BCUT2D eigenvalue weighted by Gasteiger charge is -2.17. The minimum atomic E-state index is 0.0969. The Morgan fingerprint density at radius 3 is 1.32 bits per heavy atom. The van der Waals surface area contributed by atoms with Crippen LogP contribution in [-0.4, -0.2) is 24.4 Å². The number of rotatable bonds is 3. The number of ether oxygens (including phenoxy) is 2. The molecule has 0 unspecified atom stereocenters. The Labute approximate surface area is 163 Å². The molecule has 142 valence electrons. The molecule has 0 atom stereocenters. The maximum atomic E-state index is 11.0. The SMILES string of the molecule is COc1cc(-c2cc(OC)c3cc(C)ccc3c2O)c(O)c2ccc(C)cc12. The van der Waals surface area contributed by atoms with Gasteiger partial charge >= 0.3 is 0 Å². The molecule has 0 amide bonds. The van der Waals surface area contributed by atoms with Crippen LogP contribution in [0.4, 0.5) is 0 Å². The van der Waals surface area contributed by atoms with Gasteiger partial charge in [0.1, 0.15) is 23.0 Å². The van der Waals surface area contributed by atoms with E-state index < -0.39 is 0 Å². The molecule has 0 radical (unpaired) electrons. The first-order chi connectivity index (χ1) is 13.4. The van der Waals surface area contributed by atoms with Gasteiger partial charge in [-0.15, -0.1) is 0 Å². The van der Waals surface area contributed by atoms with Gasteiger partial charge in [0.15, 0.2) is 0 Å². The Morgan fingerprint density at radius 2 is 0.964 bits per heavy atom. The number of fused-ring (bicyclic) bond motifs is 2. The lowest BCUT2D eigenvalue weighted by molar-refractivity contribution is 0.417. The fraction of sp³-hybridized carbons (Fsp3) is 0.167. The molecule has 0 spiro atoms. The molecule has 4 aromatic rings. The quantitative estimate of drug-likeness (QED) is 0.482. The van der Waals surface area contributed by atoms with Crippen molar-refractivity contribution in [2.24, 2.45) is 0 Å². The summed E-state index contributed by atoms with van der Waals surface area (Å²) in [5.74, 6) is 1.46. The molecule has 0 bridgehead atoms. The van der Waals surface area contributed by atoms with Gasteiger partial charge in [0.25, 0.3) is 0 Å². The third kappa shape index (κ3) is 2.69. The molecule has 0 aliphatic rings. The number of benzene rings is 4. The number of phenolic OH excluding ortho intramolecular Hbond substituents is 2. The second-order valence-corrected chi connectivity index (χ2v) is 7.05. The summed E-state index contributed by atoms with van der Waals surface area (Å²) in [5.41, 5.74) is 3.13. The first-order valence-corrected chi connectivity index (χ1v) is 9.05. The van der Waals surface area contributed by atoms with Gasteiger partial charge < -0.3 is 19.7 Å². The molecule has 0 aliphatic heterocycles. The molecule has 4 heteroatoms. The largest absolute Gasteiger partial charge is 0.507 e. The summed E-state index contributed by atoms with van der Waals surface area (Å²) in [5, 5.41) is 25.0. The Bertz CT molecular complexity index is 1130. The van der Waals surface area contributed by atoms with Crippen LogP contribution in [0.15, 0.2) is 48.5 Å². The minimum Gasteiger partial charge on any atom is -0.507 e. The molecule has 4 aromatic carbocycles. The molecular weight excluding hydrogens is 352 g/mol. The van der Waals surface area contributed by atoms with Crippen molar-refractivity contribution in [1.82, 2.24) is 0 Å². The maximum Gasteiger partial charge on any atom is 0.131 e. The molecular formula is C24H22O4. The monoisotopic (exact) mass is 374 g/mol. The van der Waals surface area contributed by atoms with E-state index in [4.69, 9.17) is 9.47 Å². The van der Waals surface area contributed by atoms with Gasteiger partial charge in [-0.1, -0.05) is 35.4 Å². The third-order valence-corrected chi connectivity index (χ3v) is 5.18. The predicted molar refractivity (Wildman–Crippen MR) is 113 cm³/mol. The normalized spacial score (nSPS) is 11.1. The van der Waals surface area contributed by atoms with Crippen LogP contribution in [0.1, 0.15) is 11.1 Å². The van der Waals surface area contributed by atoms with Crippen molar-refractivity contribution in [2.75, 3.05) is 14.2 Å². The first kappa shape index (κ1) is 18.0. The molecule has 0 aromatic heterocycles. The topological polar surface area (TPSA) is 58.9 Å². The molecule has 28 heavy (non-hydrogen) atoms. The maximum absolute atomic E-state index is 11.0. The Hall–Kier alpha value is -3.40. The van der Waals surface area contributed by atoms with Crippen molar-refractivity contribution in [3.8, 4) is 34.1 Å². The number of aromatic hydroxyl groups is 2. The third-order valence-electron chi connectivity index (χ3n) is 5.18. The van der Waals surface area contributed by atoms with E-state index in [0.29, 0.717) is 33.4 Å². The second-order valence-electron chi connectivity index (χ2n) is 7.05. The average Bonchev–Trinajstić information content (AvgIpc) is 2.69. The molecule has 0 saturated heterocycles. The average molecular weight is 374 g/mol. The standard InChI is InChI=1S/C24H22O4/c1-13-5-7-15-17(9-13)21(27-3)11-19(23(15)25)20-12-22(28-4)18-10-14(2)6-8-16(18)24(20)26/h5-12,25-26H,1-4H3. The van der Waals surface area contributed by atoms with Gasteiger partial charge in [-0.2, -0.15) is 0 Å². The highest BCUT2D eigenvalue weighted by Crippen LogP contribution is 2.48. The van der Waals surface area contributed by atoms with Crippen molar-refractivity contribution in [3.63, 3.8) is 0 Å². The fourth-order valence-corrected chi connectivity index (χ4v) is 3.73. The number of hydrogen-bond acceptors (Lipinski definition) is 4. The summed E-state index contributed by atoms with van der Waals surface area (Å²) in [4.78, 5) is 0.